The predicted molar refractivity (Wildman–Crippen MR) is 226 cm³/mol. The van der Waals surface area contributed by atoms with Crippen LogP contribution in [0.15, 0.2) is 48.6 Å². The second-order valence-electron chi connectivity index (χ2n) is 14.7. The van der Waals surface area contributed by atoms with Crippen molar-refractivity contribution in [1.29, 1.82) is 0 Å². The van der Waals surface area contributed by atoms with E-state index >= 15 is 0 Å². The van der Waals surface area contributed by atoms with Gasteiger partial charge in [-0.15, -0.1) is 0 Å². The first-order valence-electron chi connectivity index (χ1n) is 21.8. The van der Waals surface area contributed by atoms with Crippen LogP contribution in [0.2, 0.25) is 0 Å². The largest absolute Gasteiger partial charge is 0.472 e. The molecule has 0 saturated heterocycles. The van der Waals surface area contributed by atoms with Crippen molar-refractivity contribution < 1.29 is 58.0 Å². The molecule has 0 aliphatic heterocycles. The Morgan fingerprint density at radius 3 is 1.58 bits per heavy atom. The molecule has 0 spiro atoms. The normalized spacial score (nSPS) is 15.4. The smallest absolute Gasteiger partial charge is 0.462 e. The topological polar surface area (TPSA) is 189 Å². The van der Waals surface area contributed by atoms with Gasteiger partial charge in [-0.05, 0) is 51.4 Å². The Balaban J connectivity index is 4.53. The molecule has 5 N–H and O–H groups in total. The summed E-state index contributed by atoms with van der Waals surface area (Å²) in [5, 5.41) is 39.0. The zero-order valence-electron chi connectivity index (χ0n) is 35.3. The lowest BCUT2D eigenvalue weighted by atomic mass is 10.0. The number of hydrogen-bond donors (Lipinski definition) is 5. The molecule has 332 valence electrons. The van der Waals surface area contributed by atoms with Crippen LogP contribution in [0.25, 0.3) is 0 Å². The van der Waals surface area contributed by atoms with E-state index in [-0.39, 0.29) is 32.1 Å². The van der Waals surface area contributed by atoms with Gasteiger partial charge >= 0.3 is 19.8 Å². The molecule has 0 amide bonds. The van der Waals surface area contributed by atoms with Crippen molar-refractivity contribution >= 4 is 19.8 Å². The first kappa shape index (κ1) is 54.9. The van der Waals surface area contributed by atoms with E-state index in [9.17, 15) is 34.4 Å². The third-order valence-electron chi connectivity index (χ3n) is 9.20. The Morgan fingerprint density at radius 2 is 1.05 bits per heavy atom. The van der Waals surface area contributed by atoms with Crippen molar-refractivity contribution in [2.24, 2.45) is 0 Å². The zero-order valence-corrected chi connectivity index (χ0v) is 36.2. The van der Waals surface area contributed by atoms with Crippen LogP contribution in [0.1, 0.15) is 168 Å². The van der Waals surface area contributed by atoms with Gasteiger partial charge in [-0.3, -0.25) is 18.6 Å². The molecule has 0 aromatic heterocycles. The monoisotopic (exact) mass is 831 g/mol. The van der Waals surface area contributed by atoms with E-state index in [4.69, 9.17) is 19.1 Å². The fourth-order valence-corrected chi connectivity index (χ4v) is 6.52. The van der Waals surface area contributed by atoms with Crippen LogP contribution in [0, 0.1) is 0 Å². The van der Waals surface area contributed by atoms with Gasteiger partial charge in [0.05, 0.1) is 32.0 Å². The lowest BCUT2D eigenvalue weighted by molar-refractivity contribution is -0.161. The van der Waals surface area contributed by atoms with Gasteiger partial charge in [-0.1, -0.05) is 152 Å². The van der Waals surface area contributed by atoms with E-state index in [1.807, 2.05) is 18.2 Å². The summed E-state index contributed by atoms with van der Waals surface area (Å²) < 4.78 is 32.5. The summed E-state index contributed by atoms with van der Waals surface area (Å²) in [5.74, 6) is -1.21. The first-order chi connectivity index (χ1) is 27.5. The lowest BCUT2D eigenvalue weighted by Gasteiger charge is -2.20. The number of carbonyl (C=O) groups excluding carboxylic acids is 2. The average Bonchev–Trinajstić information content (AvgIpc) is 3.19. The number of phosphoric acid groups is 1. The van der Waals surface area contributed by atoms with Crippen LogP contribution in [0.5, 0.6) is 0 Å². The summed E-state index contributed by atoms with van der Waals surface area (Å²) >= 11 is 0. The van der Waals surface area contributed by atoms with Gasteiger partial charge in [0.15, 0.2) is 6.10 Å². The Hall–Kier alpha value is -2.15. The summed E-state index contributed by atoms with van der Waals surface area (Å²) in [4.78, 5) is 35.0. The second kappa shape index (κ2) is 39.3. The van der Waals surface area contributed by atoms with Crippen molar-refractivity contribution in [3.8, 4) is 0 Å². The molecule has 0 radical (unpaired) electrons. The van der Waals surface area contributed by atoms with Gasteiger partial charge < -0.3 is 34.8 Å². The van der Waals surface area contributed by atoms with Crippen molar-refractivity contribution in [2.45, 2.75) is 192 Å². The highest BCUT2D eigenvalue weighted by Crippen LogP contribution is 2.43. The van der Waals surface area contributed by atoms with Crippen LogP contribution in [-0.2, 0) is 32.7 Å². The summed E-state index contributed by atoms with van der Waals surface area (Å²) in [6.07, 6.45) is 33.9. The fourth-order valence-electron chi connectivity index (χ4n) is 5.73. The van der Waals surface area contributed by atoms with E-state index in [1.165, 1.54) is 70.6 Å². The average molecular weight is 831 g/mol. The highest BCUT2D eigenvalue weighted by atomic mass is 31.2. The maximum absolute atomic E-state index is 12.6. The van der Waals surface area contributed by atoms with E-state index in [0.717, 1.165) is 44.9 Å². The maximum Gasteiger partial charge on any atom is 0.472 e. The molecule has 5 atom stereocenters. The van der Waals surface area contributed by atoms with Crippen LogP contribution in [0.4, 0.5) is 0 Å². The summed E-state index contributed by atoms with van der Waals surface area (Å²) in [7, 11) is -4.69. The highest BCUT2D eigenvalue weighted by Gasteiger charge is 2.27. The molecule has 0 heterocycles. The van der Waals surface area contributed by atoms with Crippen LogP contribution >= 0.6 is 7.82 Å². The van der Waals surface area contributed by atoms with E-state index in [1.54, 1.807) is 0 Å². The standard InChI is InChI=1S/C44H79O12P/c1-3-5-7-9-11-13-15-17-18-19-21-23-25-27-29-33-44(50)56-40(38-55-57(51,52)54-36-39(46)35-45)37-53-43(49)34-30-32-42(48)41(47)31-28-26-24-22-20-16-14-12-10-8-6-4-2/h6,8,12,14,20,22,26,28,39-42,45-48H,3-5,7,9-11,13,15-19,21,23-25,27,29-38H2,1-2H3,(H,51,52)/b8-6-,14-12-,22-20-,28-26-/t39-,40+,41-,42-/m0/s1. The summed E-state index contributed by atoms with van der Waals surface area (Å²) in [6, 6.07) is 0. The Kier molecular flexibility index (Phi) is 37.8. The van der Waals surface area contributed by atoms with E-state index < -0.39 is 70.6 Å². The first-order valence-corrected chi connectivity index (χ1v) is 23.3. The fraction of sp³-hybridized carbons (Fsp3) is 0.773. The van der Waals surface area contributed by atoms with E-state index in [0.29, 0.717) is 6.42 Å². The lowest BCUT2D eigenvalue weighted by Crippen LogP contribution is -2.30. The number of esters is 2. The molecule has 0 rings (SSSR count). The van der Waals surface area contributed by atoms with Gasteiger partial charge in [-0.25, -0.2) is 4.57 Å². The SMILES string of the molecule is CC/C=C\C/C=C\C/C=C\C/C=C\C[C@H](O)[C@@H](O)CCCC(=O)OC[C@H](COP(=O)(O)OC[C@@H](O)CO)OC(=O)CCCCCCCCCCCCCCCCC. The molecule has 0 aliphatic rings. The molecule has 57 heavy (non-hydrogen) atoms. The number of phosphoric ester groups is 1. The molecular formula is C44H79O12P. The van der Waals surface area contributed by atoms with Crippen molar-refractivity contribution in [3.05, 3.63) is 48.6 Å². The molecule has 0 aromatic carbocycles. The Labute approximate surface area is 344 Å². The quantitative estimate of drug-likeness (QED) is 0.0171. The number of aliphatic hydroxyl groups is 4. The molecule has 12 nitrogen and oxygen atoms in total. The van der Waals surface area contributed by atoms with Crippen LogP contribution in [0.3, 0.4) is 0 Å². The molecule has 0 aliphatic carbocycles. The van der Waals surface area contributed by atoms with Gasteiger partial charge in [0, 0.05) is 12.8 Å². The van der Waals surface area contributed by atoms with Crippen LogP contribution in [-0.4, -0.2) is 88.1 Å². The van der Waals surface area contributed by atoms with Gasteiger partial charge in [-0.2, -0.15) is 0 Å². The predicted octanol–water partition coefficient (Wildman–Crippen LogP) is 9.28. The minimum Gasteiger partial charge on any atom is -0.462 e. The Bertz CT molecular complexity index is 1120. The third kappa shape index (κ3) is 37.8. The van der Waals surface area contributed by atoms with Gasteiger partial charge in [0.25, 0.3) is 0 Å². The van der Waals surface area contributed by atoms with Crippen molar-refractivity contribution in [2.75, 3.05) is 26.4 Å². The van der Waals surface area contributed by atoms with Gasteiger partial charge in [0.2, 0.25) is 0 Å². The molecule has 0 bridgehead atoms. The molecule has 13 heteroatoms. The number of aliphatic hydroxyl groups excluding tert-OH is 4. The molecule has 0 aromatic rings. The molecular weight excluding hydrogens is 751 g/mol. The number of rotatable bonds is 40. The minimum atomic E-state index is -4.69. The Morgan fingerprint density at radius 1 is 0.579 bits per heavy atom. The molecule has 0 saturated carbocycles. The summed E-state index contributed by atoms with van der Waals surface area (Å²) in [6.45, 7) is 1.93. The third-order valence-corrected chi connectivity index (χ3v) is 10.1. The van der Waals surface area contributed by atoms with Crippen LogP contribution < -0.4 is 0 Å². The van der Waals surface area contributed by atoms with Crippen molar-refractivity contribution in [3.63, 3.8) is 0 Å². The second-order valence-corrected chi connectivity index (χ2v) is 16.1. The number of carbonyl (C=O) groups is 2. The zero-order chi connectivity index (χ0) is 42.2. The van der Waals surface area contributed by atoms with Gasteiger partial charge in [0.1, 0.15) is 12.7 Å². The maximum atomic E-state index is 12.6. The molecule has 0 fully saturated rings. The van der Waals surface area contributed by atoms with E-state index in [2.05, 4.69) is 48.8 Å². The van der Waals surface area contributed by atoms with Crippen molar-refractivity contribution in [1.82, 2.24) is 0 Å². The number of allylic oxidation sites excluding steroid dienone is 7. The summed E-state index contributed by atoms with van der Waals surface area (Å²) in [5.41, 5.74) is 0. The minimum absolute atomic E-state index is 0.0744. The molecule has 1 unspecified atom stereocenters. The number of hydrogen-bond acceptors (Lipinski definition) is 11. The number of unbranched alkanes of at least 4 members (excludes halogenated alkanes) is 14. The number of ether oxygens (including phenoxy) is 2. The highest BCUT2D eigenvalue weighted by molar-refractivity contribution is 7.47.